The number of nitrogens with zero attached hydrogens (tertiary/aromatic N) is 1. The van der Waals surface area contributed by atoms with E-state index in [1.54, 1.807) is 0 Å². The van der Waals surface area contributed by atoms with Crippen LogP contribution in [0.5, 0.6) is 0 Å². The van der Waals surface area contributed by atoms with E-state index >= 15 is 0 Å². The van der Waals surface area contributed by atoms with Crippen LogP contribution in [-0.2, 0) is 11.2 Å². The molecule has 0 radical (unpaired) electrons. The van der Waals surface area contributed by atoms with Crippen LogP contribution in [0, 0.1) is 0 Å². The number of aromatic nitrogens is 2. The molecule has 74 valence electrons. The summed E-state index contributed by atoms with van der Waals surface area (Å²) in [7, 11) is 0. The lowest BCUT2D eigenvalue weighted by Crippen LogP contribution is -2.07. The molecule has 0 aliphatic rings. The summed E-state index contributed by atoms with van der Waals surface area (Å²) in [6.45, 7) is -0.563. The van der Waals surface area contributed by atoms with Crippen LogP contribution in [-0.4, -0.2) is 29.8 Å². The molecule has 0 saturated carbocycles. The lowest BCUT2D eigenvalue weighted by atomic mass is 10.5. The summed E-state index contributed by atoms with van der Waals surface area (Å²) in [5.41, 5.74) is 0. The highest BCUT2D eigenvalue weighted by Crippen LogP contribution is 1.95. The second-order valence-corrected chi connectivity index (χ2v) is 2.22. The number of rotatable bonds is 5. The van der Waals surface area contributed by atoms with Crippen molar-refractivity contribution in [3.05, 3.63) is 16.4 Å². The van der Waals surface area contributed by atoms with Gasteiger partial charge in [0.25, 0.3) is 6.43 Å². The molecule has 1 aromatic rings. The van der Waals surface area contributed by atoms with Crippen LogP contribution >= 0.6 is 0 Å². The van der Waals surface area contributed by atoms with Crippen molar-refractivity contribution < 1.29 is 17.9 Å². The number of hydrogen-bond acceptors (Lipinski definition) is 4. The number of halogens is 2. The normalized spacial score (nSPS) is 11.0. The van der Waals surface area contributed by atoms with Crippen LogP contribution in [0.3, 0.4) is 0 Å². The zero-order valence-electron chi connectivity index (χ0n) is 6.63. The van der Waals surface area contributed by atoms with Crippen LogP contribution < -0.4 is 5.76 Å². The molecular formula is C6H8F2N2O3. The predicted octanol–water partition coefficient (Wildman–Crippen LogP) is 0.187. The molecule has 13 heavy (non-hydrogen) atoms. The zero-order valence-corrected chi connectivity index (χ0v) is 6.63. The third kappa shape index (κ3) is 3.79. The van der Waals surface area contributed by atoms with E-state index in [0.29, 0.717) is 0 Å². The fraction of sp³-hybridized carbons (Fsp3) is 0.667. The SMILES string of the molecule is O=c1[nH]nc(CCOCC(F)F)o1. The largest absolute Gasteiger partial charge is 0.434 e. The second kappa shape index (κ2) is 4.70. The molecule has 0 unspecified atom stereocenters. The summed E-state index contributed by atoms with van der Waals surface area (Å²) in [5, 5.41) is 5.50. The first-order chi connectivity index (χ1) is 6.18. The van der Waals surface area contributed by atoms with Crippen molar-refractivity contribution in [3.8, 4) is 0 Å². The Kier molecular flexibility index (Phi) is 3.56. The Labute approximate surface area is 71.7 Å². The van der Waals surface area contributed by atoms with Gasteiger partial charge in [0.05, 0.1) is 6.61 Å². The molecule has 1 aromatic heterocycles. The number of aromatic amines is 1. The summed E-state index contributed by atoms with van der Waals surface area (Å²) in [6, 6.07) is 0. The molecule has 0 aromatic carbocycles. The Morgan fingerprint density at radius 1 is 1.62 bits per heavy atom. The topological polar surface area (TPSA) is 68.1 Å². The number of alkyl halides is 2. The maximum absolute atomic E-state index is 11.5. The van der Waals surface area contributed by atoms with Crippen molar-refractivity contribution in [2.45, 2.75) is 12.8 Å². The molecule has 0 amide bonds. The van der Waals surface area contributed by atoms with Gasteiger partial charge in [-0.2, -0.15) is 0 Å². The van der Waals surface area contributed by atoms with E-state index in [0.717, 1.165) is 0 Å². The Bertz CT molecular complexity index is 296. The molecule has 0 aliphatic carbocycles. The molecule has 5 nitrogen and oxygen atoms in total. The van der Waals surface area contributed by atoms with Gasteiger partial charge in [-0.25, -0.2) is 18.7 Å². The van der Waals surface area contributed by atoms with Gasteiger partial charge in [0.2, 0.25) is 5.89 Å². The molecule has 7 heteroatoms. The fourth-order valence-electron chi connectivity index (χ4n) is 0.699. The maximum atomic E-state index is 11.5. The molecule has 0 fully saturated rings. The minimum atomic E-state index is -2.48. The predicted molar refractivity (Wildman–Crippen MR) is 37.7 cm³/mol. The van der Waals surface area contributed by atoms with E-state index in [4.69, 9.17) is 0 Å². The number of nitrogens with one attached hydrogen (secondary N) is 1. The van der Waals surface area contributed by atoms with E-state index in [1.165, 1.54) is 0 Å². The van der Waals surface area contributed by atoms with Crippen molar-refractivity contribution in [1.82, 2.24) is 10.2 Å². The quantitative estimate of drug-likeness (QED) is 0.679. The molecule has 0 bridgehead atoms. The van der Waals surface area contributed by atoms with Gasteiger partial charge in [-0.05, 0) is 0 Å². The monoisotopic (exact) mass is 194 g/mol. The van der Waals surface area contributed by atoms with Crippen molar-refractivity contribution in [2.24, 2.45) is 0 Å². The van der Waals surface area contributed by atoms with Gasteiger partial charge >= 0.3 is 5.76 Å². The van der Waals surface area contributed by atoms with Gasteiger partial charge in [-0.15, -0.1) is 5.10 Å². The van der Waals surface area contributed by atoms with Gasteiger partial charge < -0.3 is 9.15 Å². The highest BCUT2D eigenvalue weighted by atomic mass is 19.3. The first kappa shape index (κ1) is 9.85. The third-order valence-electron chi connectivity index (χ3n) is 1.19. The van der Waals surface area contributed by atoms with Crippen molar-refractivity contribution in [3.63, 3.8) is 0 Å². The van der Waals surface area contributed by atoms with Gasteiger partial charge in [0.1, 0.15) is 6.61 Å². The van der Waals surface area contributed by atoms with Crippen molar-refractivity contribution in [1.29, 1.82) is 0 Å². The molecule has 1 heterocycles. The standard InChI is InChI=1S/C6H8F2N2O3/c7-4(8)3-12-2-1-5-9-10-6(11)13-5/h4H,1-3H2,(H,10,11). The molecular weight excluding hydrogens is 186 g/mol. The fourth-order valence-corrected chi connectivity index (χ4v) is 0.699. The summed E-state index contributed by atoms with van der Waals surface area (Å²) in [4.78, 5) is 10.4. The highest BCUT2D eigenvalue weighted by Gasteiger charge is 2.04. The molecule has 0 saturated heterocycles. The lowest BCUT2D eigenvalue weighted by molar-refractivity contribution is 0.0173. The molecule has 0 atom stereocenters. The Balaban J connectivity index is 2.17. The van der Waals surface area contributed by atoms with Gasteiger partial charge in [0, 0.05) is 6.42 Å². The average molecular weight is 194 g/mol. The smallest absolute Gasteiger partial charge is 0.392 e. The third-order valence-corrected chi connectivity index (χ3v) is 1.19. The first-order valence-corrected chi connectivity index (χ1v) is 3.59. The number of ether oxygens (including phenoxy) is 1. The second-order valence-electron chi connectivity index (χ2n) is 2.22. The highest BCUT2D eigenvalue weighted by molar-refractivity contribution is 4.72. The summed E-state index contributed by atoms with van der Waals surface area (Å²) < 4.78 is 32.1. The van der Waals surface area contributed by atoms with Crippen molar-refractivity contribution >= 4 is 0 Å². The van der Waals surface area contributed by atoms with Crippen LogP contribution in [0.4, 0.5) is 8.78 Å². The van der Waals surface area contributed by atoms with Crippen LogP contribution in [0.15, 0.2) is 9.21 Å². The van der Waals surface area contributed by atoms with Crippen LogP contribution in [0.1, 0.15) is 5.89 Å². The minimum Gasteiger partial charge on any atom is -0.392 e. The molecule has 1 N–H and O–H groups in total. The lowest BCUT2D eigenvalue weighted by Gasteiger charge is -1.99. The zero-order chi connectivity index (χ0) is 9.68. The van der Waals surface area contributed by atoms with E-state index in [-0.39, 0.29) is 18.9 Å². The van der Waals surface area contributed by atoms with E-state index in [1.807, 2.05) is 5.10 Å². The average Bonchev–Trinajstić information content (AvgIpc) is 2.45. The number of hydrogen-bond donors (Lipinski definition) is 1. The molecule has 1 rings (SSSR count). The molecule has 0 spiro atoms. The van der Waals surface area contributed by atoms with Crippen LogP contribution in [0.25, 0.3) is 0 Å². The Morgan fingerprint density at radius 2 is 2.38 bits per heavy atom. The van der Waals surface area contributed by atoms with Gasteiger partial charge in [-0.1, -0.05) is 0 Å². The van der Waals surface area contributed by atoms with Crippen LogP contribution in [0.2, 0.25) is 0 Å². The first-order valence-electron chi connectivity index (χ1n) is 3.59. The van der Waals surface area contributed by atoms with Crippen molar-refractivity contribution in [2.75, 3.05) is 13.2 Å². The van der Waals surface area contributed by atoms with Gasteiger partial charge in [0.15, 0.2) is 0 Å². The summed E-state index contributed by atoms with van der Waals surface area (Å²) in [6.07, 6.45) is -2.28. The minimum absolute atomic E-state index is 0.0537. The van der Waals surface area contributed by atoms with E-state index in [2.05, 4.69) is 14.3 Å². The Morgan fingerprint density at radius 3 is 2.92 bits per heavy atom. The summed E-state index contributed by atoms with van der Waals surface area (Å²) in [5.74, 6) is -0.511. The molecule has 0 aliphatic heterocycles. The van der Waals surface area contributed by atoms with E-state index < -0.39 is 18.8 Å². The van der Waals surface area contributed by atoms with Gasteiger partial charge in [-0.3, -0.25) is 0 Å². The Hall–Kier alpha value is -1.24. The summed E-state index contributed by atoms with van der Waals surface area (Å²) >= 11 is 0. The van der Waals surface area contributed by atoms with E-state index in [9.17, 15) is 13.6 Å². The number of H-pyrrole nitrogens is 1. The maximum Gasteiger partial charge on any atom is 0.434 e.